The number of benzene rings is 1. The predicted molar refractivity (Wildman–Crippen MR) is 72.7 cm³/mol. The molecule has 0 aliphatic heterocycles. The summed E-state index contributed by atoms with van der Waals surface area (Å²) in [7, 11) is -1.72. The maximum Gasteiger partial charge on any atom is 0.243 e. The summed E-state index contributed by atoms with van der Waals surface area (Å²) >= 11 is 0. The van der Waals surface area contributed by atoms with Crippen LogP contribution in [-0.4, -0.2) is 26.3 Å². The van der Waals surface area contributed by atoms with E-state index in [-0.39, 0.29) is 0 Å². The number of anilines is 1. The highest BCUT2D eigenvalue weighted by atomic mass is 32.2. The van der Waals surface area contributed by atoms with Gasteiger partial charge < -0.3 is 5.73 Å². The quantitative estimate of drug-likeness (QED) is 0.849. The molecule has 0 atom stereocenters. The zero-order valence-electron chi connectivity index (χ0n) is 10.9. The fourth-order valence-corrected chi connectivity index (χ4v) is 3.72. The molecule has 0 bridgehead atoms. The number of nitrogens with two attached hydrogens (primary N) is 1. The van der Waals surface area contributed by atoms with Crippen LogP contribution in [0.2, 0.25) is 0 Å². The molecule has 2 rings (SSSR count). The lowest BCUT2D eigenvalue weighted by atomic mass is 9.86. The second kappa shape index (κ2) is 4.90. The van der Waals surface area contributed by atoms with Gasteiger partial charge in [-0.1, -0.05) is 6.42 Å². The molecule has 2 N–H and O–H groups in total. The Kier molecular flexibility index (Phi) is 3.64. The summed E-state index contributed by atoms with van der Waals surface area (Å²) in [5, 5.41) is 0. The first kappa shape index (κ1) is 13.4. The maximum atomic E-state index is 12.4. The molecule has 0 amide bonds. The molecule has 0 radical (unpaired) electrons. The van der Waals surface area contributed by atoms with E-state index in [1.165, 1.54) is 10.7 Å². The number of hydrogen-bond donors (Lipinski definition) is 1. The summed E-state index contributed by atoms with van der Waals surface area (Å²) in [4.78, 5) is 0.360. The molecule has 100 valence electrons. The van der Waals surface area contributed by atoms with Gasteiger partial charge in [0.2, 0.25) is 10.0 Å². The summed E-state index contributed by atoms with van der Waals surface area (Å²) < 4.78 is 26.3. The van der Waals surface area contributed by atoms with Crippen LogP contribution < -0.4 is 5.73 Å². The number of aryl methyl sites for hydroxylation is 1. The molecule has 1 aliphatic rings. The molecule has 0 spiro atoms. The Hall–Kier alpha value is -1.07. The van der Waals surface area contributed by atoms with Gasteiger partial charge in [0.05, 0.1) is 4.90 Å². The highest BCUT2D eigenvalue weighted by molar-refractivity contribution is 7.89. The number of hydrogen-bond acceptors (Lipinski definition) is 3. The molecule has 5 heteroatoms. The van der Waals surface area contributed by atoms with Crippen molar-refractivity contribution < 1.29 is 8.42 Å². The second-order valence-electron chi connectivity index (χ2n) is 5.11. The van der Waals surface area contributed by atoms with E-state index in [0.717, 1.165) is 12.8 Å². The van der Waals surface area contributed by atoms with E-state index in [2.05, 4.69) is 0 Å². The minimum absolute atomic E-state index is 0.360. The van der Waals surface area contributed by atoms with Crippen molar-refractivity contribution >= 4 is 15.7 Å². The normalized spacial score (nSPS) is 16.8. The van der Waals surface area contributed by atoms with Crippen molar-refractivity contribution in [1.82, 2.24) is 4.31 Å². The number of nitrogen functional groups attached to an aromatic ring is 1. The zero-order valence-corrected chi connectivity index (χ0v) is 11.7. The number of rotatable bonds is 4. The van der Waals surface area contributed by atoms with Gasteiger partial charge in [0, 0.05) is 19.3 Å². The van der Waals surface area contributed by atoms with Gasteiger partial charge in [0.1, 0.15) is 0 Å². The van der Waals surface area contributed by atoms with Crippen LogP contribution in [0.25, 0.3) is 0 Å². The number of sulfonamides is 1. The Morgan fingerprint density at radius 1 is 1.39 bits per heavy atom. The van der Waals surface area contributed by atoms with Gasteiger partial charge in [-0.05, 0) is 49.4 Å². The fraction of sp³-hybridized carbons (Fsp3) is 0.538. The first-order chi connectivity index (χ1) is 8.41. The van der Waals surface area contributed by atoms with Crippen LogP contribution in [0.4, 0.5) is 5.69 Å². The van der Waals surface area contributed by atoms with Crippen molar-refractivity contribution in [3.8, 4) is 0 Å². The Labute approximate surface area is 109 Å². The van der Waals surface area contributed by atoms with Crippen molar-refractivity contribution in [1.29, 1.82) is 0 Å². The van der Waals surface area contributed by atoms with Crippen molar-refractivity contribution in [3.05, 3.63) is 23.8 Å². The van der Waals surface area contributed by atoms with E-state index in [1.54, 1.807) is 32.2 Å². The van der Waals surface area contributed by atoms with Crippen LogP contribution in [0.15, 0.2) is 23.1 Å². The molecule has 4 nitrogen and oxygen atoms in total. The largest absolute Gasteiger partial charge is 0.399 e. The highest BCUT2D eigenvalue weighted by Crippen LogP contribution is 2.29. The summed E-state index contributed by atoms with van der Waals surface area (Å²) in [6, 6.07) is 4.93. The van der Waals surface area contributed by atoms with Gasteiger partial charge in [-0.2, -0.15) is 0 Å². The standard InChI is InChI=1S/C13H20N2O2S/c1-10-8-12(14)6-7-13(10)18(16,17)15(2)9-11-4-3-5-11/h6-8,11H,3-5,9,14H2,1-2H3. The third-order valence-electron chi connectivity index (χ3n) is 3.63. The van der Waals surface area contributed by atoms with E-state index in [4.69, 9.17) is 5.73 Å². The summed E-state index contributed by atoms with van der Waals surface area (Å²) in [5.41, 5.74) is 6.94. The molecule has 1 saturated carbocycles. The predicted octanol–water partition coefficient (Wildman–Crippen LogP) is 2.00. The molecule has 0 heterocycles. The molecule has 0 aromatic heterocycles. The lowest BCUT2D eigenvalue weighted by Crippen LogP contribution is -2.34. The van der Waals surface area contributed by atoms with Crippen molar-refractivity contribution in [2.24, 2.45) is 5.92 Å². The Bertz CT molecular complexity index is 536. The topological polar surface area (TPSA) is 63.4 Å². The van der Waals surface area contributed by atoms with E-state index in [9.17, 15) is 8.42 Å². The monoisotopic (exact) mass is 268 g/mol. The molecule has 1 aliphatic carbocycles. The molecule has 0 saturated heterocycles. The lowest BCUT2D eigenvalue weighted by Gasteiger charge is -2.29. The Morgan fingerprint density at radius 2 is 2.06 bits per heavy atom. The third-order valence-corrected chi connectivity index (χ3v) is 5.61. The molecule has 1 fully saturated rings. The summed E-state index contributed by atoms with van der Waals surface area (Å²) in [5.74, 6) is 0.527. The summed E-state index contributed by atoms with van der Waals surface area (Å²) in [6.07, 6.45) is 3.50. The minimum atomic E-state index is -3.38. The Morgan fingerprint density at radius 3 is 2.56 bits per heavy atom. The van der Waals surface area contributed by atoms with Crippen LogP contribution in [0.5, 0.6) is 0 Å². The Balaban J connectivity index is 2.23. The zero-order chi connectivity index (χ0) is 13.3. The minimum Gasteiger partial charge on any atom is -0.399 e. The highest BCUT2D eigenvalue weighted by Gasteiger charge is 2.27. The van der Waals surface area contributed by atoms with Crippen LogP contribution in [0.1, 0.15) is 24.8 Å². The third kappa shape index (κ3) is 2.52. The molecule has 1 aromatic rings. The van der Waals surface area contributed by atoms with Crippen LogP contribution in [0.3, 0.4) is 0 Å². The van der Waals surface area contributed by atoms with Crippen LogP contribution >= 0.6 is 0 Å². The molecule has 0 unspecified atom stereocenters. The first-order valence-corrected chi connectivity index (χ1v) is 7.67. The van der Waals surface area contributed by atoms with Gasteiger partial charge in [-0.15, -0.1) is 0 Å². The van der Waals surface area contributed by atoms with E-state index in [1.807, 2.05) is 0 Å². The molecular weight excluding hydrogens is 248 g/mol. The second-order valence-corrected chi connectivity index (χ2v) is 7.12. The van der Waals surface area contributed by atoms with Gasteiger partial charge in [-0.25, -0.2) is 12.7 Å². The molecule has 1 aromatic carbocycles. The van der Waals surface area contributed by atoms with Gasteiger partial charge in [0.25, 0.3) is 0 Å². The fourth-order valence-electron chi connectivity index (χ4n) is 2.27. The average Bonchev–Trinajstić information content (AvgIpc) is 2.22. The average molecular weight is 268 g/mol. The van der Waals surface area contributed by atoms with Gasteiger partial charge in [0.15, 0.2) is 0 Å². The van der Waals surface area contributed by atoms with Crippen molar-refractivity contribution in [2.75, 3.05) is 19.3 Å². The van der Waals surface area contributed by atoms with E-state index in [0.29, 0.717) is 28.6 Å². The van der Waals surface area contributed by atoms with E-state index < -0.39 is 10.0 Å². The molecule has 18 heavy (non-hydrogen) atoms. The van der Waals surface area contributed by atoms with Gasteiger partial charge in [-0.3, -0.25) is 0 Å². The van der Waals surface area contributed by atoms with Gasteiger partial charge >= 0.3 is 0 Å². The van der Waals surface area contributed by atoms with Crippen molar-refractivity contribution in [3.63, 3.8) is 0 Å². The number of nitrogens with zero attached hydrogens (tertiary/aromatic N) is 1. The van der Waals surface area contributed by atoms with E-state index >= 15 is 0 Å². The van der Waals surface area contributed by atoms with Crippen LogP contribution in [0, 0.1) is 12.8 Å². The summed E-state index contributed by atoms with van der Waals surface area (Å²) in [6.45, 7) is 2.40. The smallest absolute Gasteiger partial charge is 0.243 e. The van der Waals surface area contributed by atoms with Crippen molar-refractivity contribution in [2.45, 2.75) is 31.1 Å². The molecular formula is C13H20N2O2S. The van der Waals surface area contributed by atoms with Crippen LogP contribution in [-0.2, 0) is 10.0 Å². The maximum absolute atomic E-state index is 12.4. The first-order valence-electron chi connectivity index (χ1n) is 6.23. The SMILES string of the molecule is Cc1cc(N)ccc1S(=O)(=O)N(C)CC1CCC1. The lowest BCUT2D eigenvalue weighted by molar-refractivity contribution is 0.263.